The van der Waals surface area contributed by atoms with Crippen molar-refractivity contribution in [1.82, 2.24) is 9.55 Å². The first-order valence-corrected chi connectivity index (χ1v) is 8.98. The summed E-state index contributed by atoms with van der Waals surface area (Å²) < 4.78 is 8.88. The molecule has 114 valence electrons. The fraction of sp³-hybridized carbons (Fsp3) is 0.562. The number of alkyl halides is 1. The number of hydrogen-bond donors (Lipinski definition) is 0. The number of halogens is 2. The first-order chi connectivity index (χ1) is 10.2. The van der Waals surface area contributed by atoms with Crippen LogP contribution in [0.2, 0.25) is 0 Å². The van der Waals surface area contributed by atoms with Gasteiger partial charge in [0.25, 0.3) is 0 Å². The molecule has 0 atom stereocenters. The van der Waals surface area contributed by atoms with Crippen molar-refractivity contribution in [2.75, 3.05) is 19.6 Å². The smallest absolute Gasteiger partial charge is 0.111 e. The molecule has 0 saturated heterocycles. The van der Waals surface area contributed by atoms with Crippen molar-refractivity contribution in [3.05, 3.63) is 27.6 Å². The number of fused-ring (bicyclic) bond motifs is 1. The van der Waals surface area contributed by atoms with Gasteiger partial charge in [0, 0.05) is 36.1 Å². The summed E-state index contributed by atoms with van der Waals surface area (Å²) in [6.45, 7) is 1.88. The summed E-state index contributed by atoms with van der Waals surface area (Å²) in [6.07, 6.45) is 4.54. The van der Waals surface area contributed by atoms with Gasteiger partial charge >= 0.3 is 0 Å². The van der Waals surface area contributed by atoms with Gasteiger partial charge in [0.1, 0.15) is 5.82 Å². The van der Waals surface area contributed by atoms with Gasteiger partial charge in [-0.15, -0.1) is 11.6 Å². The van der Waals surface area contributed by atoms with E-state index in [-0.39, 0.29) is 0 Å². The van der Waals surface area contributed by atoms with Crippen LogP contribution in [0, 0.1) is 8.99 Å². The van der Waals surface area contributed by atoms with E-state index in [1.807, 2.05) is 0 Å². The Bertz CT molecular complexity index is 636. The maximum absolute atomic E-state index is 5.96. The highest BCUT2D eigenvalue weighted by molar-refractivity contribution is 14.1. The molecule has 0 amide bonds. The van der Waals surface area contributed by atoms with Crippen LogP contribution in [0.1, 0.15) is 25.1 Å². The molecule has 3 rings (SSSR count). The highest BCUT2D eigenvalue weighted by Gasteiger charge is 2.42. The minimum atomic E-state index is 0.410. The molecular weight excluding hydrogens is 399 g/mol. The van der Waals surface area contributed by atoms with Crippen LogP contribution in [-0.4, -0.2) is 29.1 Å². The number of aromatic nitrogens is 2. The zero-order valence-electron chi connectivity index (χ0n) is 12.2. The predicted octanol–water partition coefficient (Wildman–Crippen LogP) is 4.24. The molecule has 0 spiro atoms. The van der Waals surface area contributed by atoms with Crippen molar-refractivity contribution in [2.45, 2.75) is 32.2 Å². The van der Waals surface area contributed by atoms with Crippen LogP contribution in [0.4, 0.5) is 0 Å². The predicted molar refractivity (Wildman–Crippen MR) is 95.0 cm³/mol. The molecule has 1 aromatic carbocycles. The molecule has 1 aliphatic rings. The van der Waals surface area contributed by atoms with Crippen LogP contribution >= 0.6 is 34.2 Å². The summed E-state index contributed by atoms with van der Waals surface area (Å²) in [4.78, 5) is 4.80. The second-order valence-electron chi connectivity index (χ2n) is 5.93. The number of nitrogens with zero attached hydrogens (tertiary/aromatic N) is 2. The number of aryl methyl sites for hydroxylation is 1. The molecule has 21 heavy (non-hydrogen) atoms. The standard InChI is InChI=1S/C16H20ClIN2O/c1-21-9-7-16(5-6-16)11-20-14-3-2-12(18)10-13(14)19-15(20)4-8-17/h2-3,10H,4-9,11H2,1H3. The van der Waals surface area contributed by atoms with E-state index >= 15 is 0 Å². The molecule has 1 aliphatic carbocycles. The van der Waals surface area contributed by atoms with Crippen LogP contribution in [0.25, 0.3) is 11.0 Å². The maximum Gasteiger partial charge on any atom is 0.111 e. The normalized spacial score (nSPS) is 16.5. The van der Waals surface area contributed by atoms with E-state index in [4.69, 9.17) is 21.3 Å². The summed E-state index contributed by atoms with van der Waals surface area (Å²) in [5.41, 5.74) is 2.73. The molecule has 0 unspecified atom stereocenters. The second-order valence-corrected chi connectivity index (χ2v) is 7.55. The average molecular weight is 419 g/mol. The molecule has 0 radical (unpaired) electrons. The summed E-state index contributed by atoms with van der Waals surface area (Å²) in [5.74, 6) is 1.73. The molecule has 5 heteroatoms. The van der Waals surface area contributed by atoms with Gasteiger partial charge in [0.15, 0.2) is 0 Å². The minimum absolute atomic E-state index is 0.410. The summed E-state index contributed by atoms with van der Waals surface area (Å²) >= 11 is 8.30. The monoisotopic (exact) mass is 418 g/mol. The van der Waals surface area contributed by atoms with E-state index in [1.54, 1.807) is 7.11 Å². The van der Waals surface area contributed by atoms with Crippen molar-refractivity contribution in [1.29, 1.82) is 0 Å². The minimum Gasteiger partial charge on any atom is -0.385 e. The Morgan fingerprint density at radius 1 is 1.43 bits per heavy atom. The molecule has 0 bridgehead atoms. The largest absolute Gasteiger partial charge is 0.385 e. The number of hydrogen-bond acceptors (Lipinski definition) is 2. The Morgan fingerprint density at radius 2 is 2.24 bits per heavy atom. The molecule has 3 nitrogen and oxygen atoms in total. The van der Waals surface area contributed by atoms with E-state index in [1.165, 1.54) is 21.9 Å². The first-order valence-electron chi connectivity index (χ1n) is 7.37. The quantitative estimate of drug-likeness (QED) is 0.497. The van der Waals surface area contributed by atoms with Crippen molar-refractivity contribution in [3.8, 4) is 0 Å². The Balaban J connectivity index is 1.94. The van der Waals surface area contributed by atoms with Gasteiger partial charge in [-0.3, -0.25) is 0 Å². The molecule has 0 N–H and O–H groups in total. The third-order valence-electron chi connectivity index (χ3n) is 4.39. The van der Waals surface area contributed by atoms with Crippen LogP contribution < -0.4 is 0 Å². The van der Waals surface area contributed by atoms with E-state index in [0.717, 1.165) is 37.3 Å². The summed E-state index contributed by atoms with van der Waals surface area (Å²) in [5, 5.41) is 0. The Morgan fingerprint density at radius 3 is 2.90 bits per heavy atom. The van der Waals surface area contributed by atoms with Gasteiger partial charge in [0.05, 0.1) is 11.0 Å². The van der Waals surface area contributed by atoms with Gasteiger partial charge in [-0.2, -0.15) is 0 Å². The number of methoxy groups -OCH3 is 1. The van der Waals surface area contributed by atoms with Crippen LogP contribution in [0.15, 0.2) is 18.2 Å². The zero-order valence-corrected chi connectivity index (χ0v) is 15.2. The van der Waals surface area contributed by atoms with Gasteiger partial charge in [-0.1, -0.05) is 0 Å². The fourth-order valence-electron chi connectivity index (χ4n) is 2.92. The van der Waals surface area contributed by atoms with Crippen molar-refractivity contribution in [3.63, 3.8) is 0 Å². The van der Waals surface area contributed by atoms with Crippen molar-refractivity contribution < 1.29 is 4.74 Å². The topological polar surface area (TPSA) is 27.1 Å². The summed E-state index contributed by atoms with van der Waals surface area (Å²) in [7, 11) is 1.78. The van der Waals surface area contributed by atoms with Crippen molar-refractivity contribution in [2.24, 2.45) is 5.41 Å². The molecule has 1 aromatic heterocycles. The summed E-state index contributed by atoms with van der Waals surface area (Å²) in [6, 6.07) is 6.49. The second kappa shape index (κ2) is 6.42. The van der Waals surface area contributed by atoms with Crippen LogP contribution in [-0.2, 0) is 17.7 Å². The van der Waals surface area contributed by atoms with Crippen LogP contribution in [0.3, 0.4) is 0 Å². The zero-order chi connectivity index (χ0) is 14.9. The van der Waals surface area contributed by atoms with Gasteiger partial charge in [0.2, 0.25) is 0 Å². The lowest BCUT2D eigenvalue weighted by Crippen LogP contribution is -2.16. The van der Waals surface area contributed by atoms with Gasteiger partial charge in [-0.25, -0.2) is 4.98 Å². The Labute approximate surface area is 144 Å². The van der Waals surface area contributed by atoms with Gasteiger partial charge in [-0.05, 0) is 65.5 Å². The lowest BCUT2D eigenvalue weighted by Gasteiger charge is -2.18. The van der Waals surface area contributed by atoms with E-state index in [0.29, 0.717) is 11.3 Å². The number of benzene rings is 1. The average Bonchev–Trinajstić information content (AvgIpc) is 3.16. The lowest BCUT2D eigenvalue weighted by molar-refractivity contribution is 0.167. The fourth-order valence-corrected chi connectivity index (χ4v) is 3.57. The molecular formula is C16H20ClIN2O. The molecule has 0 aliphatic heterocycles. The SMILES string of the molecule is COCCC1(Cn2c(CCCl)nc3cc(I)ccc32)CC1. The number of rotatable bonds is 7. The third-order valence-corrected chi connectivity index (χ3v) is 5.25. The first kappa shape index (κ1) is 15.6. The van der Waals surface area contributed by atoms with E-state index in [9.17, 15) is 0 Å². The molecule has 2 aromatic rings. The van der Waals surface area contributed by atoms with Crippen LogP contribution in [0.5, 0.6) is 0 Å². The van der Waals surface area contributed by atoms with E-state index in [2.05, 4.69) is 45.4 Å². The van der Waals surface area contributed by atoms with E-state index < -0.39 is 0 Å². The Hall–Kier alpha value is -0.330. The number of imidazole rings is 1. The van der Waals surface area contributed by atoms with Gasteiger partial charge < -0.3 is 9.30 Å². The van der Waals surface area contributed by atoms with Crippen molar-refractivity contribution >= 4 is 45.2 Å². The third kappa shape index (κ3) is 3.37. The molecule has 1 fully saturated rings. The number of ether oxygens (including phenoxy) is 1. The highest BCUT2D eigenvalue weighted by atomic mass is 127. The highest BCUT2D eigenvalue weighted by Crippen LogP contribution is 2.50. The Kier molecular flexibility index (Phi) is 4.76. The molecule has 1 saturated carbocycles. The maximum atomic E-state index is 5.96. The lowest BCUT2D eigenvalue weighted by atomic mass is 10.0. The molecule has 1 heterocycles.